The summed E-state index contributed by atoms with van der Waals surface area (Å²) in [4.78, 5) is 11.6. The molecule has 1 aromatic rings. The third kappa shape index (κ3) is 6.34. The molecule has 0 spiro atoms. The molecule has 0 aliphatic rings. The first kappa shape index (κ1) is 15.6. The average Bonchev–Trinajstić information content (AvgIpc) is 2.42. The van der Waals surface area contributed by atoms with Crippen LogP contribution >= 0.6 is 0 Å². The van der Waals surface area contributed by atoms with Crippen molar-refractivity contribution in [1.29, 1.82) is 0 Å². The van der Waals surface area contributed by atoms with E-state index >= 15 is 0 Å². The fraction of sp³-hybridized carbons (Fsp3) is 0.533. The maximum atomic E-state index is 13.3. The standard InChI is InChI=1S/C15H22FNO2/c1-2-10-17-11-6-3-7-12-19-15(18)13-8-4-5-9-14(13)16/h4-5,8-9,17H,2-3,6-7,10-12H2,1H3. The number of halogens is 1. The topological polar surface area (TPSA) is 38.3 Å². The van der Waals surface area contributed by atoms with Crippen LogP contribution in [-0.4, -0.2) is 25.7 Å². The van der Waals surface area contributed by atoms with Gasteiger partial charge in [-0.1, -0.05) is 19.1 Å². The Morgan fingerprint density at radius 1 is 1.21 bits per heavy atom. The number of carbonyl (C=O) groups excluding carboxylic acids is 1. The number of nitrogens with one attached hydrogen (secondary N) is 1. The lowest BCUT2D eigenvalue weighted by Gasteiger charge is -2.06. The van der Waals surface area contributed by atoms with Crippen LogP contribution in [0.5, 0.6) is 0 Å². The molecule has 106 valence electrons. The Morgan fingerprint density at radius 3 is 2.74 bits per heavy atom. The first-order chi connectivity index (χ1) is 9.25. The molecule has 0 fully saturated rings. The monoisotopic (exact) mass is 267 g/mol. The second-order valence-electron chi connectivity index (χ2n) is 4.43. The zero-order valence-electron chi connectivity index (χ0n) is 11.5. The summed E-state index contributed by atoms with van der Waals surface area (Å²) in [5.41, 5.74) is 0.00659. The molecule has 0 aromatic heterocycles. The molecule has 0 amide bonds. The summed E-state index contributed by atoms with van der Waals surface area (Å²) in [5, 5.41) is 3.31. The lowest BCUT2D eigenvalue weighted by Crippen LogP contribution is -2.16. The highest BCUT2D eigenvalue weighted by Crippen LogP contribution is 2.08. The van der Waals surface area contributed by atoms with E-state index in [-0.39, 0.29) is 5.56 Å². The van der Waals surface area contributed by atoms with Crippen LogP contribution in [0.3, 0.4) is 0 Å². The summed E-state index contributed by atoms with van der Waals surface area (Å²) in [7, 11) is 0. The van der Waals surface area contributed by atoms with Gasteiger partial charge in [0, 0.05) is 0 Å². The quantitative estimate of drug-likeness (QED) is 0.552. The molecule has 4 heteroatoms. The van der Waals surface area contributed by atoms with E-state index in [0.717, 1.165) is 38.8 Å². The molecule has 0 aliphatic carbocycles. The van der Waals surface area contributed by atoms with Crippen molar-refractivity contribution in [3.8, 4) is 0 Å². The molecule has 1 N–H and O–H groups in total. The first-order valence-electron chi connectivity index (χ1n) is 6.88. The number of carbonyl (C=O) groups is 1. The molecule has 0 saturated carbocycles. The zero-order valence-corrected chi connectivity index (χ0v) is 11.5. The summed E-state index contributed by atoms with van der Waals surface area (Å²) in [6.45, 7) is 4.52. The summed E-state index contributed by atoms with van der Waals surface area (Å²) in [6, 6.07) is 5.87. The summed E-state index contributed by atoms with van der Waals surface area (Å²) < 4.78 is 18.3. The van der Waals surface area contributed by atoms with Gasteiger partial charge in [-0.2, -0.15) is 0 Å². The van der Waals surface area contributed by atoms with Crippen LogP contribution in [0.1, 0.15) is 43.0 Å². The SMILES string of the molecule is CCCNCCCCCOC(=O)c1ccccc1F. The van der Waals surface area contributed by atoms with Crippen molar-refractivity contribution in [2.75, 3.05) is 19.7 Å². The first-order valence-corrected chi connectivity index (χ1v) is 6.88. The van der Waals surface area contributed by atoms with Crippen molar-refractivity contribution in [3.05, 3.63) is 35.6 Å². The lowest BCUT2D eigenvalue weighted by molar-refractivity contribution is 0.0492. The molecule has 0 saturated heterocycles. The lowest BCUT2D eigenvalue weighted by atomic mass is 10.2. The number of hydrogen-bond donors (Lipinski definition) is 1. The molecule has 0 bridgehead atoms. The largest absolute Gasteiger partial charge is 0.462 e. The van der Waals surface area contributed by atoms with Gasteiger partial charge in [-0.25, -0.2) is 9.18 Å². The molecule has 0 atom stereocenters. The van der Waals surface area contributed by atoms with E-state index in [1.54, 1.807) is 12.1 Å². The second kappa shape index (κ2) is 9.50. The summed E-state index contributed by atoms with van der Waals surface area (Å²) >= 11 is 0. The molecule has 3 nitrogen and oxygen atoms in total. The molecule has 0 unspecified atom stereocenters. The van der Waals surface area contributed by atoms with Crippen molar-refractivity contribution in [2.45, 2.75) is 32.6 Å². The molecule has 1 rings (SSSR count). The smallest absolute Gasteiger partial charge is 0.341 e. The minimum atomic E-state index is -0.581. The van der Waals surface area contributed by atoms with Gasteiger partial charge in [-0.15, -0.1) is 0 Å². The van der Waals surface area contributed by atoms with Gasteiger partial charge in [0.2, 0.25) is 0 Å². The van der Waals surface area contributed by atoms with Crippen LogP contribution in [-0.2, 0) is 4.74 Å². The Kier molecular flexibility index (Phi) is 7.82. The minimum absolute atomic E-state index is 0.00659. The second-order valence-corrected chi connectivity index (χ2v) is 4.43. The number of ether oxygens (including phenoxy) is 1. The van der Waals surface area contributed by atoms with Crippen LogP contribution in [0, 0.1) is 5.82 Å². The number of esters is 1. The molecule has 0 aliphatic heterocycles. The van der Waals surface area contributed by atoms with Crippen molar-refractivity contribution in [1.82, 2.24) is 5.32 Å². The molecular formula is C15H22FNO2. The zero-order chi connectivity index (χ0) is 13.9. The predicted molar refractivity (Wildman–Crippen MR) is 73.7 cm³/mol. The van der Waals surface area contributed by atoms with Gasteiger partial charge in [-0.05, 0) is 50.9 Å². The van der Waals surface area contributed by atoms with E-state index in [1.165, 1.54) is 12.1 Å². The maximum Gasteiger partial charge on any atom is 0.341 e. The molecule has 0 radical (unpaired) electrons. The maximum absolute atomic E-state index is 13.3. The van der Waals surface area contributed by atoms with Gasteiger partial charge >= 0.3 is 5.97 Å². The van der Waals surface area contributed by atoms with Gasteiger partial charge in [0.05, 0.1) is 12.2 Å². The van der Waals surface area contributed by atoms with E-state index in [4.69, 9.17) is 4.74 Å². The molecule has 19 heavy (non-hydrogen) atoms. The summed E-state index contributed by atoms with van der Waals surface area (Å²) in [5.74, 6) is -1.11. The van der Waals surface area contributed by atoms with E-state index in [2.05, 4.69) is 12.2 Å². The third-order valence-electron chi connectivity index (χ3n) is 2.75. The Bertz CT molecular complexity index is 382. The van der Waals surface area contributed by atoms with Crippen molar-refractivity contribution >= 4 is 5.97 Å². The van der Waals surface area contributed by atoms with Crippen molar-refractivity contribution < 1.29 is 13.9 Å². The van der Waals surface area contributed by atoms with Crippen molar-refractivity contribution in [3.63, 3.8) is 0 Å². The van der Waals surface area contributed by atoms with E-state index in [9.17, 15) is 9.18 Å². The number of benzene rings is 1. The summed E-state index contributed by atoms with van der Waals surface area (Å²) in [6.07, 6.45) is 4.02. The van der Waals surface area contributed by atoms with Crippen LogP contribution in [0.15, 0.2) is 24.3 Å². The Labute approximate surface area is 114 Å². The van der Waals surface area contributed by atoms with Gasteiger partial charge in [0.15, 0.2) is 0 Å². The number of rotatable bonds is 9. The fourth-order valence-electron chi connectivity index (χ4n) is 1.70. The van der Waals surface area contributed by atoms with Crippen LogP contribution in [0.4, 0.5) is 4.39 Å². The third-order valence-corrected chi connectivity index (χ3v) is 2.75. The van der Waals surface area contributed by atoms with Gasteiger partial charge < -0.3 is 10.1 Å². The van der Waals surface area contributed by atoms with Gasteiger partial charge in [0.1, 0.15) is 5.82 Å². The van der Waals surface area contributed by atoms with Crippen LogP contribution in [0.2, 0.25) is 0 Å². The normalized spacial score (nSPS) is 10.4. The Balaban J connectivity index is 2.10. The van der Waals surface area contributed by atoms with E-state index in [1.807, 2.05) is 0 Å². The van der Waals surface area contributed by atoms with Crippen LogP contribution < -0.4 is 5.32 Å². The van der Waals surface area contributed by atoms with Gasteiger partial charge in [-0.3, -0.25) is 0 Å². The fourth-order valence-corrected chi connectivity index (χ4v) is 1.70. The Morgan fingerprint density at radius 2 is 2.00 bits per heavy atom. The highest BCUT2D eigenvalue weighted by Gasteiger charge is 2.11. The van der Waals surface area contributed by atoms with E-state index in [0.29, 0.717) is 6.61 Å². The molecule has 1 aromatic carbocycles. The highest BCUT2D eigenvalue weighted by atomic mass is 19.1. The Hall–Kier alpha value is -1.42. The molecular weight excluding hydrogens is 245 g/mol. The van der Waals surface area contributed by atoms with E-state index < -0.39 is 11.8 Å². The number of unbranched alkanes of at least 4 members (excludes halogenated alkanes) is 2. The van der Waals surface area contributed by atoms with Crippen molar-refractivity contribution in [2.24, 2.45) is 0 Å². The predicted octanol–water partition coefficient (Wildman–Crippen LogP) is 3.15. The highest BCUT2D eigenvalue weighted by molar-refractivity contribution is 5.89. The van der Waals surface area contributed by atoms with Gasteiger partial charge in [0.25, 0.3) is 0 Å². The number of hydrogen-bond acceptors (Lipinski definition) is 3. The molecule has 0 heterocycles. The average molecular weight is 267 g/mol. The minimum Gasteiger partial charge on any atom is -0.462 e. The van der Waals surface area contributed by atoms with Crippen LogP contribution in [0.25, 0.3) is 0 Å².